The second-order valence-corrected chi connectivity index (χ2v) is 5.11. The topological polar surface area (TPSA) is 45.1 Å². The molecule has 0 saturated carbocycles. The standard InChI is InChI=1S/C17H18N2O2/c1-12-8-4-7-11-16(12)19-13(2)18-15-10-6-5-9-14(15)17(19,20)21-3/h4-11,20H,1-3H3. The molecule has 2 aromatic rings. The third-order valence-electron chi connectivity index (χ3n) is 3.80. The highest BCUT2D eigenvalue weighted by molar-refractivity contribution is 6.01. The van der Waals surface area contributed by atoms with Crippen LogP contribution in [0.25, 0.3) is 0 Å². The van der Waals surface area contributed by atoms with Crippen LogP contribution >= 0.6 is 0 Å². The molecule has 0 spiro atoms. The first-order valence-electron chi connectivity index (χ1n) is 6.86. The van der Waals surface area contributed by atoms with Gasteiger partial charge >= 0.3 is 0 Å². The first kappa shape index (κ1) is 13.8. The minimum Gasteiger partial charge on any atom is -0.344 e. The molecule has 2 aromatic carbocycles. The summed E-state index contributed by atoms with van der Waals surface area (Å²) in [4.78, 5) is 6.32. The molecule has 4 heteroatoms. The number of para-hydroxylation sites is 2. The Labute approximate surface area is 124 Å². The zero-order valence-electron chi connectivity index (χ0n) is 12.4. The van der Waals surface area contributed by atoms with Gasteiger partial charge in [0.25, 0.3) is 5.91 Å². The van der Waals surface area contributed by atoms with Gasteiger partial charge in [0, 0.05) is 7.11 Å². The van der Waals surface area contributed by atoms with Gasteiger partial charge in [-0.1, -0.05) is 30.3 Å². The van der Waals surface area contributed by atoms with E-state index in [1.165, 1.54) is 7.11 Å². The molecule has 0 radical (unpaired) electrons. The van der Waals surface area contributed by atoms with E-state index in [1.807, 2.05) is 62.4 Å². The lowest BCUT2D eigenvalue weighted by Gasteiger charge is -2.43. The summed E-state index contributed by atoms with van der Waals surface area (Å²) in [5.41, 5.74) is 3.28. The first-order chi connectivity index (χ1) is 10.1. The number of aliphatic imine (C=N–C) groups is 1. The van der Waals surface area contributed by atoms with Crippen LogP contribution in [-0.4, -0.2) is 18.1 Å². The number of rotatable bonds is 2. The lowest BCUT2D eigenvalue weighted by molar-refractivity contribution is -0.186. The molecule has 0 aliphatic carbocycles. The summed E-state index contributed by atoms with van der Waals surface area (Å²) in [5.74, 6) is -0.874. The predicted octanol–water partition coefficient (Wildman–Crippen LogP) is 3.31. The van der Waals surface area contributed by atoms with Gasteiger partial charge in [0.15, 0.2) is 0 Å². The molecule has 0 bridgehead atoms. The fraction of sp³-hybridized carbons (Fsp3) is 0.235. The summed E-state index contributed by atoms with van der Waals surface area (Å²) in [6, 6.07) is 15.3. The number of fused-ring (bicyclic) bond motifs is 1. The van der Waals surface area contributed by atoms with Crippen LogP contribution in [0.15, 0.2) is 53.5 Å². The van der Waals surface area contributed by atoms with E-state index in [-0.39, 0.29) is 0 Å². The van der Waals surface area contributed by atoms with E-state index >= 15 is 0 Å². The number of benzene rings is 2. The maximum atomic E-state index is 11.2. The molecule has 1 unspecified atom stereocenters. The van der Waals surface area contributed by atoms with Gasteiger partial charge in [-0.2, -0.15) is 0 Å². The van der Waals surface area contributed by atoms with Crippen molar-refractivity contribution in [3.8, 4) is 0 Å². The molecule has 1 heterocycles. The Morgan fingerprint density at radius 1 is 1.05 bits per heavy atom. The minimum atomic E-state index is -1.56. The van der Waals surface area contributed by atoms with Crippen molar-refractivity contribution in [2.24, 2.45) is 4.99 Å². The van der Waals surface area contributed by atoms with Gasteiger partial charge in [0.05, 0.1) is 16.9 Å². The smallest absolute Gasteiger partial charge is 0.284 e. The number of hydrogen-bond acceptors (Lipinski definition) is 4. The van der Waals surface area contributed by atoms with Gasteiger partial charge in [-0.05, 0) is 37.6 Å². The highest BCUT2D eigenvalue weighted by Crippen LogP contribution is 2.41. The van der Waals surface area contributed by atoms with Crippen LogP contribution in [0.1, 0.15) is 18.1 Å². The van der Waals surface area contributed by atoms with Gasteiger partial charge in [-0.3, -0.25) is 4.90 Å². The number of aliphatic hydroxyl groups is 1. The van der Waals surface area contributed by atoms with Crippen LogP contribution in [0.2, 0.25) is 0 Å². The van der Waals surface area contributed by atoms with E-state index in [0.717, 1.165) is 16.9 Å². The number of ether oxygens (including phenoxy) is 1. The fourth-order valence-corrected chi connectivity index (χ4v) is 2.76. The van der Waals surface area contributed by atoms with Crippen LogP contribution in [0.5, 0.6) is 0 Å². The largest absolute Gasteiger partial charge is 0.344 e. The van der Waals surface area contributed by atoms with E-state index in [0.29, 0.717) is 11.4 Å². The van der Waals surface area contributed by atoms with Gasteiger partial charge in [0.2, 0.25) is 0 Å². The van der Waals surface area contributed by atoms with E-state index in [1.54, 1.807) is 4.90 Å². The average Bonchev–Trinajstić information content (AvgIpc) is 2.49. The SMILES string of the molecule is COC1(O)c2ccccc2N=C(C)N1c1ccccc1C. The Morgan fingerprint density at radius 2 is 1.71 bits per heavy atom. The van der Waals surface area contributed by atoms with Crippen molar-refractivity contribution in [2.75, 3.05) is 12.0 Å². The molecular weight excluding hydrogens is 264 g/mol. The summed E-state index contributed by atoms with van der Waals surface area (Å²) in [7, 11) is 1.50. The number of aryl methyl sites for hydroxylation is 1. The van der Waals surface area contributed by atoms with E-state index < -0.39 is 5.91 Å². The molecular formula is C17H18N2O2. The monoisotopic (exact) mass is 282 g/mol. The fourth-order valence-electron chi connectivity index (χ4n) is 2.76. The minimum absolute atomic E-state index is 0.640. The third-order valence-corrected chi connectivity index (χ3v) is 3.80. The van der Waals surface area contributed by atoms with Crippen LogP contribution in [0.3, 0.4) is 0 Å². The molecule has 4 nitrogen and oxygen atoms in total. The Balaban J connectivity index is 2.25. The quantitative estimate of drug-likeness (QED) is 0.859. The van der Waals surface area contributed by atoms with Crippen molar-refractivity contribution in [2.45, 2.75) is 19.8 Å². The van der Waals surface area contributed by atoms with Gasteiger partial charge in [-0.15, -0.1) is 0 Å². The van der Waals surface area contributed by atoms with E-state index in [9.17, 15) is 5.11 Å². The molecule has 1 N–H and O–H groups in total. The normalized spacial score (nSPS) is 21.0. The lowest BCUT2D eigenvalue weighted by atomic mass is 10.0. The molecule has 21 heavy (non-hydrogen) atoms. The second-order valence-electron chi connectivity index (χ2n) is 5.11. The highest BCUT2D eigenvalue weighted by atomic mass is 16.6. The van der Waals surface area contributed by atoms with Crippen molar-refractivity contribution in [3.63, 3.8) is 0 Å². The summed E-state index contributed by atoms with van der Waals surface area (Å²) < 4.78 is 5.50. The highest BCUT2D eigenvalue weighted by Gasteiger charge is 2.43. The Hall–Kier alpha value is -2.17. The van der Waals surface area contributed by atoms with Crippen LogP contribution in [0, 0.1) is 6.92 Å². The molecule has 1 aliphatic rings. The molecule has 0 amide bonds. The van der Waals surface area contributed by atoms with E-state index in [4.69, 9.17) is 4.74 Å². The van der Waals surface area contributed by atoms with Crippen molar-refractivity contribution in [1.82, 2.24) is 0 Å². The second kappa shape index (κ2) is 4.98. The van der Waals surface area contributed by atoms with Crippen LogP contribution in [-0.2, 0) is 10.6 Å². The molecule has 3 rings (SSSR count). The van der Waals surface area contributed by atoms with Crippen molar-refractivity contribution in [1.29, 1.82) is 0 Å². The average molecular weight is 282 g/mol. The van der Waals surface area contributed by atoms with Gasteiger partial charge in [0.1, 0.15) is 5.84 Å². The van der Waals surface area contributed by atoms with Crippen LogP contribution < -0.4 is 4.90 Å². The zero-order valence-corrected chi connectivity index (χ0v) is 12.4. The summed E-state index contributed by atoms with van der Waals surface area (Å²) >= 11 is 0. The molecule has 108 valence electrons. The summed E-state index contributed by atoms with van der Waals surface area (Å²) in [6.45, 7) is 3.87. The number of amidine groups is 1. The maximum absolute atomic E-state index is 11.2. The predicted molar refractivity (Wildman–Crippen MR) is 83.8 cm³/mol. The number of hydrogen-bond donors (Lipinski definition) is 1. The van der Waals surface area contributed by atoms with Gasteiger partial charge < -0.3 is 9.84 Å². The molecule has 0 fully saturated rings. The molecule has 1 atom stereocenters. The van der Waals surface area contributed by atoms with Crippen LogP contribution in [0.4, 0.5) is 11.4 Å². The number of methoxy groups -OCH3 is 1. The Morgan fingerprint density at radius 3 is 2.43 bits per heavy atom. The van der Waals surface area contributed by atoms with Crippen molar-refractivity contribution >= 4 is 17.2 Å². The van der Waals surface area contributed by atoms with Crippen molar-refractivity contribution in [3.05, 3.63) is 59.7 Å². The third kappa shape index (κ3) is 2.04. The summed E-state index contributed by atoms with van der Waals surface area (Å²) in [5, 5.41) is 11.2. The summed E-state index contributed by atoms with van der Waals surface area (Å²) in [6.07, 6.45) is 0. The molecule has 1 aliphatic heterocycles. The number of nitrogens with zero attached hydrogens (tertiary/aromatic N) is 2. The number of anilines is 1. The Kier molecular flexibility index (Phi) is 3.27. The lowest BCUT2D eigenvalue weighted by Crippen LogP contribution is -2.52. The molecule has 0 aromatic heterocycles. The van der Waals surface area contributed by atoms with Crippen molar-refractivity contribution < 1.29 is 9.84 Å². The Bertz CT molecular complexity index is 711. The maximum Gasteiger partial charge on any atom is 0.284 e. The van der Waals surface area contributed by atoms with Gasteiger partial charge in [-0.25, -0.2) is 4.99 Å². The first-order valence-corrected chi connectivity index (χ1v) is 6.86. The zero-order chi connectivity index (χ0) is 15.0. The van der Waals surface area contributed by atoms with E-state index in [2.05, 4.69) is 4.99 Å². The molecule has 0 saturated heterocycles.